The highest BCUT2D eigenvalue weighted by molar-refractivity contribution is 5.93. The standard InChI is InChI=1S/C17H24N2O3/c1-4-13(11(3)20)19-16(21)9-12-10-18-14-7-6-8-15(17(12)14)22-5-2/h6-8,10-11,13,18,20H,4-5,9H2,1-3H3,(H,19,21)/t11-,13+/m1/s1. The van der Waals surface area contributed by atoms with E-state index in [4.69, 9.17) is 4.74 Å². The Labute approximate surface area is 130 Å². The van der Waals surface area contributed by atoms with Gasteiger partial charge in [-0.25, -0.2) is 0 Å². The van der Waals surface area contributed by atoms with Gasteiger partial charge in [-0.15, -0.1) is 0 Å². The van der Waals surface area contributed by atoms with Gasteiger partial charge in [-0.3, -0.25) is 4.79 Å². The molecule has 1 heterocycles. The minimum Gasteiger partial charge on any atom is -0.493 e. The highest BCUT2D eigenvalue weighted by Gasteiger charge is 2.17. The maximum Gasteiger partial charge on any atom is 0.224 e. The number of benzene rings is 1. The predicted octanol–water partition coefficient (Wildman–Crippen LogP) is 2.38. The monoisotopic (exact) mass is 304 g/mol. The van der Waals surface area contributed by atoms with Crippen molar-refractivity contribution in [3.63, 3.8) is 0 Å². The fourth-order valence-corrected chi connectivity index (χ4v) is 2.63. The third-order valence-electron chi connectivity index (χ3n) is 3.77. The minimum atomic E-state index is -0.559. The van der Waals surface area contributed by atoms with Crippen molar-refractivity contribution in [1.29, 1.82) is 0 Å². The zero-order valence-electron chi connectivity index (χ0n) is 13.3. The van der Waals surface area contributed by atoms with Crippen molar-refractivity contribution in [1.82, 2.24) is 10.3 Å². The Bertz CT molecular complexity index is 634. The first kappa shape index (κ1) is 16.4. The van der Waals surface area contributed by atoms with Gasteiger partial charge in [-0.1, -0.05) is 13.0 Å². The van der Waals surface area contributed by atoms with Crippen LogP contribution in [0.3, 0.4) is 0 Å². The first-order valence-electron chi connectivity index (χ1n) is 7.76. The molecule has 5 nitrogen and oxygen atoms in total. The molecular formula is C17H24N2O3. The van der Waals surface area contributed by atoms with E-state index >= 15 is 0 Å². The van der Waals surface area contributed by atoms with Gasteiger partial charge in [0.05, 0.1) is 25.2 Å². The van der Waals surface area contributed by atoms with Crippen LogP contribution < -0.4 is 10.1 Å². The summed E-state index contributed by atoms with van der Waals surface area (Å²) in [5, 5.41) is 13.5. The number of ether oxygens (including phenoxy) is 1. The first-order chi connectivity index (χ1) is 10.6. The number of carbonyl (C=O) groups is 1. The smallest absolute Gasteiger partial charge is 0.224 e. The molecule has 1 aromatic carbocycles. The zero-order valence-corrected chi connectivity index (χ0v) is 13.3. The molecule has 0 aliphatic heterocycles. The van der Waals surface area contributed by atoms with Crippen LogP contribution in [0, 0.1) is 0 Å². The second kappa shape index (κ2) is 7.31. The van der Waals surface area contributed by atoms with E-state index in [9.17, 15) is 9.90 Å². The lowest BCUT2D eigenvalue weighted by atomic mass is 10.1. The fraction of sp³-hybridized carbons (Fsp3) is 0.471. The number of nitrogens with one attached hydrogen (secondary N) is 2. The maximum atomic E-state index is 12.2. The summed E-state index contributed by atoms with van der Waals surface area (Å²) in [5.74, 6) is 0.687. The SMILES string of the molecule is CCOc1cccc2[nH]cc(CC(=O)N[C@@H](CC)[C@@H](C)O)c12. The zero-order chi connectivity index (χ0) is 16.1. The van der Waals surface area contributed by atoms with Crippen LogP contribution in [0.4, 0.5) is 0 Å². The van der Waals surface area contributed by atoms with E-state index in [2.05, 4.69) is 10.3 Å². The summed E-state index contributed by atoms with van der Waals surface area (Å²) in [4.78, 5) is 15.4. The molecule has 0 fully saturated rings. The Kier molecular flexibility index (Phi) is 5.44. The topological polar surface area (TPSA) is 74.4 Å². The molecule has 0 spiro atoms. The number of hydrogen-bond acceptors (Lipinski definition) is 3. The number of carbonyl (C=O) groups excluding carboxylic acids is 1. The molecule has 1 amide bonds. The Morgan fingerprint density at radius 3 is 2.82 bits per heavy atom. The van der Waals surface area contributed by atoms with Gasteiger partial charge in [0.15, 0.2) is 0 Å². The number of aliphatic hydroxyl groups is 1. The number of aromatic amines is 1. The van der Waals surface area contributed by atoms with Crippen LogP contribution in [-0.2, 0) is 11.2 Å². The highest BCUT2D eigenvalue weighted by atomic mass is 16.5. The van der Waals surface area contributed by atoms with Crippen molar-refractivity contribution >= 4 is 16.8 Å². The highest BCUT2D eigenvalue weighted by Crippen LogP contribution is 2.29. The van der Waals surface area contributed by atoms with Crippen LogP contribution in [0.5, 0.6) is 5.75 Å². The average Bonchev–Trinajstić information content (AvgIpc) is 2.89. The summed E-state index contributed by atoms with van der Waals surface area (Å²) in [7, 11) is 0. The van der Waals surface area contributed by atoms with Gasteiger partial charge in [0.25, 0.3) is 0 Å². The molecule has 0 aliphatic rings. The summed E-state index contributed by atoms with van der Waals surface area (Å²) in [6, 6.07) is 5.58. The summed E-state index contributed by atoms with van der Waals surface area (Å²) in [6.07, 6.45) is 2.24. The summed E-state index contributed by atoms with van der Waals surface area (Å²) in [6.45, 7) is 6.14. The Balaban J connectivity index is 2.19. The van der Waals surface area contributed by atoms with Crippen molar-refractivity contribution in [2.24, 2.45) is 0 Å². The first-order valence-corrected chi connectivity index (χ1v) is 7.76. The molecule has 0 bridgehead atoms. The van der Waals surface area contributed by atoms with Gasteiger partial charge in [-0.2, -0.15) is 0 Å². The van der Waals surface area contributed by atoms with E-state index in [-0.39, 0.29) is 18.4 Å². The third kappa shape index (κ3) is 3.60. The minimum absolute atomic E-state index is 0.0973. The predicted molar refractivity (Wildman–Crippen MR) is 87.1 cm³/mol. The molecule has 0 unspecified atom stereocenters. The normalized spacial score (nSPS) is 13.8. The van der Waals surface area contributed by atoms with Crippen LogP contribution in [0.2, 0.25) is 0 Å². The van der Waals surface area contributed by atoms with Crippen LogP contribution in [0.15, 0.2) is 24.4 Å². The molecular weight excluding hydrogens is 280 g/mol. The quantitative estimate of drug-likeness (QED) is 0.735. The van der Waals surface area contributed by atoms with E-state index in [0.717, 1.165) is 22.2 Å². The molecule has 1 aromatic heterocycles. The largest absolute Gasteiger partial charge is 0.493 e. The number of hydrogen-bond donors (Lipinski definition) is 3. The summed E-state index contributed by atoms with van der Waals surface area (Å²) >= 11 is 0. The number of H-pyrrole nitrogens is 1. The molecule has 2 rings (SSSR count). The van der Waals surface area contributed by atoms with Crippen molar-refractivity contribution in [3.8, 4) is 5.75 Å². The molecule has 22 heavy (non-hydrogen) atoms. The van der Waals surface area contributed by atoms with Gasteiger partial charge < -0.3 is 20.1 Å². The van der Waals surface area contributed by atoms with E-state index < -0.39 is 6.10 Å². The average molecular weight is 304 g/mol. The van der Waals surface area contributed by atoms with Crippen molar-refractivity contribution in [2.75, 3.05) is 6.61 Å². The molecule has 0 aliphatic carbocycles. The van der Waals surface area contributed by atoms with E-state index in [1.54, 1.807) is 6.92 Å². The molecule has 0 saturated heterocycles. The number of fused-ring (bicyclic) bond motifs is 1. The number of rotatable bonds is 7. The molecule has 2 atom stereocenters. The van der Waals surface area contributed by atoms with Crippen molar-refractivity contribution in [2.45, 2.75) is 45.8 Å². The molecule has 0 saturated carbocycles. The number of aromatic nitrogens is 1. The molecule has 0 radical (unpaired) electrons. The lowest BCUT2D eigenvalue weighted by Crippen LogP contribution is -2.42. The number of aliphatic hydroxyl groups excluding tert-OH is 1. The van der Waals surface area contributed by atoms with Crippen LogP contribution in [-0.4, -0.2) is 34.8 Å². The van der Waals surface area contributed by atoms with E-state index in [1.807, 2.05) is 38.2 Å². The lowest BCUT2D eigenvalue weighted by molar-refractivity contribution is -0.121. The van der Waals surface area contributed by atoms with E-state index in [0.29, 0.717) is 13.0 Å². The Morgan fingerprint density at radius 2 is 2.18 bits per heavy atom. The second-order valence-corrected chi connectivity index (χ2v) is 5.43. The molecule has 3 N–H and O–H groups in total. The van der Waals surface area contributed by atoms with Crippen LogP contribution >= 0.6 is 0 Å². The van der Waals surface area contributed by atoms with E-state index in [1.165, 1.54) is 0 Å². The Hall–Kier alpha value is -2.01. The third-order valence-corrected chi connectivity index (χ3v) is 3.77. The van der Waals surface area contributed by atoms with Crippen LogP contribution in [0.1, 0.15) is 32.8 Å². The second-order valence-electron chi connectivity index (χ2n) is 5.43. The molecule has 5 heteroatoms. The number of amides is 1. The van der Waals surface area contributed by atoms with Crippen molar-refractivity contribution < 1.29 is 14.6 Å². The van der Waals surface area contributed by atoms with Gasteiger partial charge >= 0.3 is 0 Å². The fourth-order valence-electron chi connectivity index (χ4n) is 2.63. The van der Waals surface area contributed by atoms with Gasteiger partial charge in [-0.05, 0) is 38.0 Å². The van der Waals surface area contributed by atoms with Gasteiger partial charge in [0.1, 0.15) is 5.75 Å². The van der Waals surface area contributed by atoms with Crippen molar-refractivity contribution in [3.05, 3.63) is 30.0 Å². The molecule has 2 aromatic rings. The van der Waals surface area contributed by atoms with Gasteiger partial charge in [0, 0.05) is 17.1 Å². The summed E-state index contributed by atoms with van der Waals surface area (Å²) in [5.41, 5.74) is 1.85. The summed E-state index contributed by atoms with van der Waals surface area (Å²) < 4.78 is 5.65. The lowest BCUT2D eigenvalue weighted by Gasteiger charge is -2.19. The maximum absolute atomic E-state index is 12.2. The Morgan fingerprint density at radius 1 is 1.41 bits per heavy atom. The molecule has 120 valence electrons. The van der Waals surface area contributed by atoms with Gasteiger partial charge in [0.2, 0.25) is 5.91 Å². The van der Waals surface area contributed by atoms with Crippen LogP contribution in [0.25, 0.3) is 10.9 Å².